The first kappa shape index (κ1) is 19.5. The molecule has 0 saturated carbocycles. The Balaban J connectivity index is 0.00000113. The fraction of sp³-hybridized carbons (Fsp3) is 0.0909. The number of hydrogen-bond donors (Lipinski definition) is 0. The zero-order valence-corrected chi connectivity index (χ0v) is 16.3. The van der Waals surface area contributed by atoms with Gasteiger partial charge in [-0.25, -0.2) is 0 Å². The van der Waals surface area contributed by atoms with Crippen molar-refractivity contribution < 1.29 is 32.6 Å². The molecule has 2 aromatic rings. The van der Waals surface area contributed by atoms with E-state index in [1.807, 2.05) is 0 Å². The van der Waals surface area contributed by atoms with Crippen LogP contribution in [-0.2, 0) is 23.2 Å². The topological polar surface area (TPSA) is 0 Å². The van der Waals surface area contributed by atoms with Gasteiger partial charge in [0.25, 0.3) is 0 Å². The fourth-order valence-electron chi connectivity index (χ4n) is 3.21. The fourth-order valence-corrected chi connectivity index (χ4v) is 6.96. The molecule has 0 unspecified atom stereocenters. The van der Waals surface area contributed by atoms with E-state index in [9.17, 15) is 0 Å². The van der Waals surface area contributed by atoms with E-state index in [0.29, 0.717) is 0 Å². The molecule has 0 aromatic heterocycles. The van der Waals surface area contributed by atoms with Gasteiger partial charge in [-0.15, -0.1) is 0 Å². The van der Waals surface area contributed by atoms with Crippen LogP contribution < -0.4 is 0 Å². The van der Waals surface area contributed by atoms with Gasteiger partial charge in [-0.2, -0.15) is 0 Å². The van der Waals surface area contributed by atoms with E-state index in [1.54, 1.807) is 6.56 Å². The molecular weight excluding hydrogens is 393 g/mol. The van der Waals surface area contributed by atoms with Gasteiger partial charge in [0.05, 0.1) is 0 Å². The van der Waals surface area contributed by atoms with Gasteiger partial charge < -0.3 is 0 Å². The summed E-state index contributed by atoms with van der Waals surface area (Å²) in [7, 11) is 0. The Morgan fingerprint density at radius 1 is 0.560 bits per heavy atom. The van der Waals surface area contributed by atoms with E-state index in [0.717, 1.165) is 12.8 Å². The van der Waals surface area contributed by atoms with Crippen molar-refractivity contribution in [3.05, 3.63) is 103 Å². The second-order valence-corrected chi connectivity index (χ2v) is 9.44. The molecule has 0 bridgehead atoms. The van der Waals surface area contributed by atoms with Crippen molar-refractivity contribution in [2.24, 2.45) is 0 Å². The van der Waals surface area contributed by atoms with Crippen molar-refractivity contribution in [3.8, 4) is 0 Å². The average molecular weight is 414 g/mol. The average Bonchev–Trinajstić information content (AvgIpc) is 3.26. The third kappa shape index (κ3) is 4.22. The first-order chi connectivity index (χ1) is 11.4. The van der Waals surface area contributed by atoms with Gasteiger partial charge in [0.15, 0.2) is 0 Å². The minimum atomic E-state index is -0.712. The van der Waals surface area contributed by atoms with Crippen molar-refractivity contribution in [1.82, 2.24) is 0 Å². The Morgan fingerprint density at radius 2 is 0.960 bits per heavy atom. The maximum Gasteiger partial charge on any atom is -0.269 e. The van der Waals surface area contributed by atoms with E-state index < -0.39 is 23.2 Å². The summed E-state index contributed by atoms with van der Waals surface area (Å²) >= 11 is -0.712. The Kier molecular flexibility index (Phi) is 7.02. The first-order valence-corrected chi connectivity index (χ1v) is 10.5. The Morgan fingerprint density at radius 3 is 1.36 bits per heavy atom. The van der Waals surface area contributed by atoms with Crippen molar-refractivity contribution in [2.45, 2.75) is 12.8 Å². The van der Waals surface area contributed by atoms with Gasteiger partial charge >= 0.3 is 150 Å². The SMILES string of the molecule is C1=CC(c2ccccc2)=[C]([Zr][C]2=C(c3ccccc3)C=CC2)C1.F.F. The number of hydrogen-bond acceptors (Lipinski definition) is 0. The normalized spacial score (nSPS) is 15.2. The molecule has 0 heterocycles. The quantitative estimate of drug-likeness (QED) is 0.567. The summed E-state index contributed by atoms with van der Waals surface area (Å²) in [4.78, 5) is 0. The van der Waals surface area contributed by atoms with Crippen LogP contribution in [0.4, 0.5) is 9.41 Å². The van der Waals surface area contributed by atoms with Gasteiger partial charge in [0, 0.05) is 0 Å². The third-order valence-electron chi connectivity index (χ3n) is 4.33. The van der Waals surface area contributed by atoms with Crippen LogP contribution in [0.5, 0.6) is 0 Å². The van der Waals surface area contributed by atoms with Crippen LogP contribution in [0.25, 0.3) is 11.1 Å². The maximum absolute atomic E-state index is 2.34. The van der Waals surface area contributed by atoms with Crippen LogP contribution in [0, 0.1) is 0 Å². The van der Waals surface area contributed by atoms with Crippen LogP contribution in [0.1, 0.15) is 24.0 Å². The van der Waals surface area contributed by atoms with E-state index in [-0.39, 0.29) is 9.41 Å². The molecule has 2 aliphatic rings. The molecule has 0 saturated heterocycles. The second-order valence-electron chi connectivity index (χ2n) is 5.85. The number of halogens is 2. The summed E-state index contributed by atoms with van der Waals surface area (Å²) in [6.07, 6.45) is 11.6. The van der Waals surface area contributed by atoms with Crippen LogP contribution in [0.2, 0.25) is 0 Å². The summed E-state index contributed by atoms with van der Waals surface area (Å²) < 4.78 is 3.43. The van der Waals surface area contributed by atoms with Gasteiger partial charge in [-0.1, -0.05) is 0 Å². The molecule has 0 amide bonds. The molecule has 126 valence electrons. The summed E-state index contributed by atoms with van der Waals surface area (Å²) in [5.74, 6) is 0. The number of rotatable bonds is 4. The minimum absolute atomic E-state index is 0. The van der Waals surface area contributed by atoms with Crippen molar-refractivity contribution >= 4 is 11.1 Å². The minimum Gasteiger partial charge on any atom is -0.269 e. The van der Waals surface area contributed by atoms with Gasteiger partial charge in [0.1, 0.15) is 0 Å². The molecule has 3 heteroatoms. The van der Waals surface area contributed by atoms with Crippen LogP contribution in [0.15, 0.2) is 91.5 Å². The van der Waals surface area contributed by atoms with E-state index in [1.165, 1.54) is 22.3 Å². The predicted molar refractivity (Wildman–Crippen MR) is 99.2 cm³/mol. The van der Waals surface area contributed by atoms with Gasteiger partial charge in [-0.3, -0.25) is 9.41 Å². The zero-order valence-electron chi connectivity index (χ0n) is 13.8. The second kappa shape index (κ2) is 9.01. The zero-order chi connectivity index (χ0) is 15.5. The molecule has 0 fully saturated rings. The van der Waals surface area contributed by atoms with Gasteiger partial charge in [0.2, 0.25) is 0 Å². The Labute approximate surface area is 159 Å². The smallest absolute Gasteiger partial charge is 0.269 e. The molecule has 25 heavy (non-hydrogen) atoms. The summed E-state index contributed by atoms with van der Waals surface area (Å²) in [5.41, 5.74) is 5.74. The van der Waals surface area contributed by atoms with Crippen LogP contribution in [0.3, 0.4) is 0 Å². The molecule has 0 nitrogen and oxygen atoms in total. The van der Waals surface area contributed by atoms with Crippen molar-refractivity contribution in [2.75, 3.05) is 0 Å². The first-order valence-electron chi connectivity index (χ1n) is 8.09. The molecule has 0 atom stereocenters. The number of benzene rings is 2. The van der Waals surface area contributed by atoms with E-state index in [4.69, 9.17) is 0 Å². The van der Waals surface area contributed by atoms with Gasteiger partial charge in [-0.05, 0) is 0 Å². The van der Waals surface area contributed by atoms with Crippen molar-refractivity contribution in [1.29, 1.82) is 0 Å². The summed E-state index contributed by atoms with van der Waals surface area (Å²) in [6.45, 7) is 0. The third-order valence-corrected chi connectivity index (χ3v) is 8.15. The molecule has 2 aliphatic carbocycles. The molecule has 0 spiro atoms. The molecular formula is C22H20F2Zr. The number of allylic oxidation sites excluding steroid dienone is 8. The largest absolute Gasteiger partial charge is 0.269 e. The summed E-state index contributed by atoms with van der Waals surface area (Å²) in [5, 5.41) is 0. The molecule has 4 rings (SSSR count). The van der Waals surface area contributed by atoms with Crippen molar-refractivity contribution in [3.63, 3.8) is 0 Å². The molecule has 0 radical (unpaired) electrons. The Hall–Kier alpha value is -1.86. The van der Waals surface area contributed by atoms with E-state index >= 15 is 0 Å². The Bertz CT molecular complexity index is 759. The molecule has 0 N–H and O–H groups in total. The molecule has 2 aromatic carbocycles. The van der Waals surface area contributed by atoms with Crippen LogP contribution in [-0.4, -0.2) is 0 Å². The summed E-state index contributed by atoms with van der Waals surface area (Å²) in [6, 6.07) is 21.7. The van der Waals surface area contributed by atoms with Crippen LogP contribution >= 0.6 is 0 Å². The molecule has 0 aliphatic heterocycles. The van der Waals surface area contributed by atoms with E-state index in [2.05, 4.69) is 85.0 Å². The maximum atomic E-state index is 2.34. The monoisotopic (exact) mass is 412 g/mol. The predicted octanol–water partition coefficient (Wildman–Crippen LogP) is 6.12. The standard InChI is InChI=1S/2C11H9.2FH.Zr/c2*1-2-6-10(7-3-1)11-8-4-5-9-11;;;/h2*1-4,6-8H,5H2;2*1H;.